The lowest BCUT2D eigenvalue weighted by Gasteiger charge is -2.24. The average Bonchev–Trinajstić information content (AvgIpc) is 3.04. The Kier molecular flexibility index (Phi) is 6.87. The standard InChI is InChI=1S/C17H23ClN2O4/c1-12(21)20(11-14-4-3-9-24-14)8-7-17(22)19-15-10-13(18)5-6-16(15)23-2/h5-6,10,14H,3-4,7-9,11H2,1-2H3,(H,19,22). The second-order valence-electron chi connectivity index (χ2n) is 5.74. The van der Waals surface area contributed by atoms with Crippen LogP contribution in [0, 0.1) is 0 Å². The molecule has 7 heteroatoms. The molecule has 2 rings (SSSR count). The van der Waals surface area contributed by atoms with Crippen molar-refractivity contribution in [3.63, 3.8) is 0 Å². The maximum Gasteiger partial charge on any atom is 0.226 e. The number of methoxy groups -OCH3 is 1. The largest absolute Gasteiger partial charge is 0.495 e. The first-order chi connectivity index (χ1) is 11.5. The summed E-state index contributed by atoms with van der Waals surface area (Å²) in [6.07, 6.45) is 2.24. The fraction of sp³-hybridized carbons (Fsp3) is 0.529. The van der Waals surface area contributed by atoms with Crippen LogP contribution >= 0.6 is 11.6 Å². The molecule has 1 aliphatic heterocycles. The molecule has 1 unspecified atom stereocenters. The lowest BCUT2D eigenvalue weighted by molar-refractivity contribution is -0.130. The van der Waals surface area contributed by atoms with Crippen molar-refractivity contribution in [2.24, 2.45) is 0 Å². The highest BCUT2D eigenvalue weighted by Crippen LogP contribution is 2.27. The number of halogens is 1. The molecule has 1 aromatic rings. The Morgan fingerprint density at radius 3 is 2.88 bits per heavy atom. The smallest absolute Gasteiger partial charge is 0.226 e. The van der Waals surface area contributed by atoms with E-state index in [9.17, 15) is 9.59 Å². The van der Waals surface area contributed by atoms with Gasteiger partial charge in [0.25, 0.3) is 0 Å². The molecule has 1 saturated heterocycles. The fourth-order valence-electron chi connectivity index (χ4n) is 2.64. The number of hydrogen-bond acceptors (Lipinski definition) is 4. The zero-order valence-electron chi connectivity index (χ0n) is 14.0. The minimum Gasteiger partial charge on any atom is -0.495 e. The van der Waals surface area contributed by atoms with Crippen molar-refractivity contribution in [2.75, 3.05) is 32.1 Å². The van der Waals surface area contributed by atoms with Crippen LogP contribution < -0.4 is 10.1 Å². The lowest BCUT2D eigenvalue weighted by Crippen LogP contribution is -2.37. The van der Waals surface area contributed by atoms with E-state index >= 15 is 0 Å². The van der Waals surface area contributed by atoms with Crippen LogP contribution in [0.5, 0.6) is 5.75 Å². The number of nitrogens with zero attached hydrogens (tertiary/aromatic N) is 1. The summed E-state index contributed by atoms with van der Waals surface area (Å²) in [6.45, 7) is 3.13. The van der Waals surface area contributed by atoms with Gasteiger partial charge >= 0.3 is 0 Å². The van der Waals surface area contributed by atoms with Gasteiger partial charge in [0.1, 0.15) is 5.75 Å². The van der Waals surface area contributed by atoms with Crippen LogP contribution in [0.15, 0.2) is 18.2 Å². The van der Waals surface area contributed by atoms with Gasteiger partial charge in [-0.15, -0.1) is 0 Å². The van der Waals surface area contributed by atoms with Crippen LogP contribution in [-0.2, 0) is 14.3 Å². The van der Waals surface area contributed by atoms with Crippen LogP contribution in [0.4, 0.5) is 5.69 Å². The minimum atomic E-state index is -0.200. The Hall–Kier alpha value is -1.79. The fourth-order valence-corrected chi connectivity index (χ4v) is 2.81. The van der Waals surface area contributed by atoms with Gasteiger partial charge < -0.3 is 19.7 Å². The van der Waals surface area contributed by atoms with E-state index in [0.29, 0.717) is 29.5 Å². The molecule has 0 bridgehead atoms. The van der Waals surface area contributed by atoms with Crippen molar-refractivity contribution in [2.45, 2.75) is 32.3 Å². The Labute approximate surface area is 147 Å². The molecule has 132 valence electrons. The lowest BCUT2D eigenvalue weighted by atomic mass is 10.2. The molecule has 2 amide bonds. The van der Waals surface area contributed by atoms with Crippen LogP contribution in [0.1, 0.15) is 26.2 Å². The van der Waals surface area contributed by atoms with Gasteiger partial charge in [-0.25, -0.2) is 0 Å². The SMILES string of the molecule is COc1ccc(Cl)cc1NC(=O)CCN(CC1CCCO1)C(C)=O. The Bertz CT molecular complexity index is 588. The van der Waals surface area contributed by atoms with E-state index in [1.54, 1.807) is 23.1 Å². The Morgan fingerprint density at radius 2 is 2.25 bits per heavy atom. The quantitative estimate of drug-likeness (QED) is 0.817. The second kappa shape index (κ2) is 8.89. The molecule has 0 spiro atoms. The predicted molar refractivity (Wildman–Crippen MR) is 92.5 cm³/mol. The molecule has 1 aromatic carbocycles. The zero-order valence-corrected chi connectivity index (χ0v) is 14.8. The van der Waals surface area contributed by atoms with Crippen LogP contribution in [0.2, 0.25) is 5.02 Å². The summed E-state index contributed by atoms with van der Waals surface area (Å²) in [4.78, 5) is 25.6. The first-order valence-corrected chi connectivity index (χ1v) is 8.38. The average molecular weight is 355 g/mol. The Balaban J connectivity index is 1.88. The van der Waals surface area contributed by atoms with E-state index in [0.717, 1.165) is 19.4 Å². The number of carbonyl (C=O) groups excluding carboxylic acids is 2. The monoisotopic (exact) mass is 354 g/mol. The number of benzene rings is 1. The molecule has 0 aromatic heterocycles. The molecule has 1 atom stereocenters. The number of anilines is 1. The van der Waals surface area contributed by atoms with Gasteiger partial charge in [0.15, 0.2) is 0 Å². The minimum absolute atomic E-state index is 0.0568. The van der Waals surface area contributed by atoms with Crippen molar-refractivity contribution < 1.29 is 19.1 Å². The third-order valence-electron chi connectivity index (χ3n) is 3.94. The molecule has 0 saturated carbocycles. The third-order valence-corrected chi connectivity index (χ3v) is 4.17. The normalized spacial score (nSPS) is 16.7. The van der Waals surface area contributed by atoms with Gasteiger partial charge in [-0.2, -0.15) is 0 Å². The summed E-state index contributed by atoms with van der Waals surface area (Å²) >= 11 is 5.95. The summed E-state index contributed by atoms with van der Waals surface area (Å²) < 4.78 is 10.8. The maximum atomic E-state index is 12.2. The molecule has 1 N–H and O–H groups in total. The first-order valence-electron chi connectivity index (χ1n) is 8.00. The van der Waals surface area contributed by atoms with Gasteiger partial charge in [0.05, 0.1) is 18.9 Å². The van der Waals surface area contributed by atoms with Crippen molar-refractivity contribution in [3.05, 3.63) is 23.2 Å². The van der Waals surface area contributed by atoms with E-state index in [-0.39, 0.29) is 24.3 Å². The van der Waals surface area contributed by atoms with Crippen molar-refractivity contribution in [3.8, 4) is 5.75 Å². The molecule has 1 aliphatic rings. The van der Waals surface area contributed by atoms with Gasteiger partial charge in [0, 0.05) is 38.1 Å². The summed E-state index contributed by atoms with van der Waals surface area (Å²) in [5, 5.41) is 3.28. The van der Waals surface area contributed by atoms with Crippen LogP contribution in [-0.4, -0.2) is 49.6 Å². The number of carbonyl (C=O) groups is 2. The number of ether oxygens (including phenoxy) is 2. The molecule has 1 fully saturated rings. The second-order valence-corrected chi connectivity index (χ2v) is 6.18. The number of rotatable bonds is 7. The van der Waals surface area contributed by atoms with Gasteiger partial charge in [-0.3, -0.25) is 9.59 Å². The highest BCUT2D eigenvalue weighted by Gasteiger charge is 2.21. The summed E-state index contributed by atoms with van der Waals surface area (Å²) in [5.41, 5.74) is 0.517. The number of hydrogen-bond donors (Lipinski definition) is 1. The van der Waals surface area contributed by atoms with E-state index in [1.165, 1.54) is 14.0 Å². The van der Waals surface area contributed by atoms with Gasteiger partial charge in [-0.1, -0.05) is 11.6 Å². The number of amides is 2. The first kappa shape index (κ1) is 18.5. The maximum absolute atomic E-state index is 12.2. The molecule has 0 aliphatic carbocycles. The third kappa shape index (κ3) is 5.39. The summed E-state index contributed by atoms with van der Waals surface area (Å²) in [6, 6.07) is 5.01. The van der Waals surface area contributed by atoms with E-state index < -0.39 is 0 Å². The topological polar surface area (TPSA) is 67.9 Å². The molecule has 1 heterocycles. The molecular formula is C17H23ClN2O4. The molecule has 6 nitrogen and oxygen atoms in total. The molecule has 24 heavy (non-hydrogen) atoms. The summed E-state index contributed by atoms with van der Waals surface area (Å²) in [7, 11) is 1.53. The highest BCUT2D eigenvalue weighted by atomic mass is 35.5. The van der Waals surface area contributed by atoms with Crippen molar-refractivity contribution in [1.82, 2.24) is 4.90 Å². The van der Waals surface area contributed by atoms with Crippen LogP contribution in [0.3, 0.4) is 0 Å². The molecular weight excluding hydrogens is 332 g/mol. The molecule has 0 radical (unpaired) electrons. The van der Waals surface area contributed by atoms with Crippen molar-refractivity contribution >= 4 is 29.1 Å². The van der Waals surface area contributed by atoms with Gasteiger partial charge in [0.2, 0.25) is 11.8 Å². The number of nitrogens with one attached hydrogen (secondary N) is 1. The summed E-state index contributed by atoms with van der Waals surface area (Å²) in [5.74, 6) is 0.281. The van der Waals surface area contributed by atoms with Crippen LogP contribution in [0.25, 0.3) is 0 Å². The Morgan fingerprint density at radius 1 is 1.46 bits per heavy atom. The van der Waals surface area contributed by atoms with Gasteiger partial charge in [-0.05, 0) is 31.0 Å². The van der Waals surface area contributed by atoms with E-state index in [2.05, 4.69) is 5.32 Å². The van der Waals surface area contributed by atoms with E-state index in [4.69, 9.17) is 21.1 Å². The highest BCUT2D eigenvalue weighted by molar-refractivity contribution is 6.31. The van der Waals surface area contributed by atoms with Crippen molar-refractivity contribution in [1.29, 1.82) is 0 Å². The predicted octanol–water partition coefficient (Wildman–Crippen LogP) is 2.70. The van der Waals surface area contributed by atoms with E-state index in [1.807, 2.05) is 0 Å². The zero-order chi connectivity index (χ0) is 17.5.